The summed E-state index contributed by atoms with van der Waals surface area (Å²) in [6, 6.07) is 0. The van der Waals surface area contributed by atoms with Crippen LogP contribution in [0.5, 0.6) is 0 Å². The van der Waals surface area contributed by atoms with Crippen molar-refractivity contribution in [3.8, 4) is 0 Å². The highest BCUT2D eigenvalue weighted by Gasteiger charge is 2.33. The fraction of sp³-hybridized carbons (Fsp3) is 0.600. The van der Waals surface area contributed by atoms with E-state index >= 15 is 0 Å². The van der Waals surface area contributed by atoms with Crippen molar-refractivity contribution in [2.24, 2.45) is 5.92 Å². The molecule has 0 spiro atoms. The molecule has 0 bridgehead atoms. The molecular weight excluding hydrogens is 266 g/mol. The number of likely N-dealkylation sites (tertiary alicyclic amines) is 1. The molecule has 0 unspecified atom stereocenters. The molecule has 1 aliphatic heterocycles. The molecule has 2 fully saturated rings. The molecule has 1 saturated carbocycles. The minimum atomic E-state index is 0.280. The number of rotatable bonds is 2. The van der Waals surface area contributed by atoms with E-state index < -0.39 is 0 Å². The fourth-order valence-electron chi connectivity index (χ4n) is 3.38. The van der Waals surface area contributed by atoms with Gasteiger partial charge in [0.25, 0.3) is 0 Å². The van der Waals surface area contributed by atoms with Gasteiger partial charge in [0.2, 0.25) is 5.91 Å². The number of fused-ring (bicyclic) bond motifs is 1. The van der Waals surface area contributed by atoms with E-state index in [9.17, 15) is 4.79 Å². The number of nitrogens with zero attached hydrogens (tertiary/aromatic N) is 4. The zero-order valence-corrected chi connectivity index (χ0v) is 12.0. The lowest BCUT2D eigenvalue weighted by Gasteiger charge is -2.36. The van der Waals surface area contributed by atoms with E-state index in [1.807, 2.05) is 4.90 Å². The number of carbonyl (C=O) groups is 1. The Morgan fingerprint density at radius 2 is 2.05 bits per heavy atom. The maximum absolute atomic E-state index is 12.4. The monoisotopic (exact) mass is 285 g/mol. The number of carbonyl (C=O) groups excluding carboxylic acids is 1. The van der Waals surface area contributed by atoms with Crippen LogP contribution in [0.2, 0.25) is 0 Å². The van der Waals surface area contributed by atoms with Crippen molar-refractivity contribution in [3.63, 3.8) is 0 Å². The first-order chi connectivity index (χ1) is 10.3. The molecule has 3 heterocycles. The lowest BCUT2D eigenvalue weighted by Crippen LogP contribution is -2.44. The van der Waals surface area contributed by atoms with Gasteiger partial charge in [-0.05, 0) is 25.7 Å². The summed E-state index contributed by atoms with van der Waals surface area (Å²) in [6.45, 7) is 1.67. The van der Waals surface area contributed by atoms with Crippen LogP contribution in [0.1, 0.15) is 43.7 Å². The Hall–Kier alpha value is -1.98. The highest BCUT2D eigenvalue weighted by Crippen LogP contribution is 2.33. The smallest absolute Gasteiger partial charge is 0.225 e. The Morgan fingerprint density at radius 3 is 2.86 bits per heavy atom. The van der Waals surface area contributed by atoms with Crippen LogP contribution in [-0.4, -0.2) is 44.1 Å². The first kappa shape index (κ1) is 12.7. The second-order valence-electron chi connectivity index (χ2n) is 6.12. The van der Waals surface area contributed by atoms with Gasteiger partial charge >= 0.3 is 0 Å². The van der Waals surface area contributed by atoms with Gasteiger partial charge in [0, 0.05) is 37.3 Å². The van der Waals surface area contributed by atoms with Crippen LogP contribution in [0.25, 0.3) is 11.2 Å². The Labute approximate surface area is 123 Å². The molecule has 2 aromatic heterocycles. The molecule has 2 aromatic rings. The van der Waals surface area contributed by atoms with Crippen molar-refractivity contribution < 1.29 is 4.79 Å². The van der Waals surface area contributed by atoms with Crippen LogP contribution >= 0.6 is 0 Å². The number of aromatic amines is 1. The molecule has 110 valence electrons. The highest BCUT2D eigenvalue weighted by atomic mass is 16.2. The SMILES string of the molecule is O=C(C1CCC1)N1CCC[C@H](c2[nH]nc3nccnc23)C1. The van der Waals surface area contributed by atoms with Gasteiger partial charge in [0.1, 0.15) is 5.52 Å². The van der Waals surface area contributed by atoms with Gasteiger partial charge in [-0.1, -0.05) is 6.42 Å². The van der Waals surface area contributed by atoms with Crippen molar-refractivity contribution in [1.82, 2.24) is 25.1 Å². The van der Waals surface area contributed by atoms with Gasteiger partial charge in [0.05, 0.1) is 5.69 Å². The Morgan fingerprint density at radius 1 is 1.19 bits per heavy atom. The summed E-state index contributed by atoms with van der Waals surface area (Å²) in [5.74, 6) is 0.924. The van der Waals surface area contributed by atoms with E-state index in [0.717, 1.165) is 50.0 Å². The molecule has 4 rings (SSSR count). The van der Waals surface area contributed by atoms with Gasteiger partial charge in [-0.15, -0.1) is 0 Å². The molecule has 0 aromatic carbocycles. The average Bonchev–Trinajstić information content (AvgIpc) is 2.89. The summed E-state index contributed by atoms with van der Waals surface area (Å²) in [6.07, 6.45) is 8.80. The van der Waals surface area contributed by atoms with Gasteiger partial charge in [-0.3, -0.25) is 9.89 Å². The molecule has 2 aliphatic rings. The standard InChI is InChI=1S/C15H19N5O/c21-15(10-3-1-4-10)20-8-2-5-11(9-20)12-13-14(19-18-12)17-7-6-16-13/h6-7,10-11H,1-5,8-9H2,(H,17,18,19)/t11-/m0/s1. The lowest BCUT2D eigenvalue weighted by molar-refractivity contribution is -0.139. The molecule has 6 heteroatoms. The predicted octanol–water partition coefficient (Wildman–Crippen LogP) is 1.86. The van der Waals surface area contributed by atoms with Crippen molar-refractivity contribution in [1.29, 1.82) is 0 Å². The minimum absolute atomic E-state index is 0.280. The van der Waals surface area contributed by atoms with E-state index in [-0.39, 0.29) is 5.92 Å². The fourth-order valence-corrected chi connectivity index (χ4v) is 3.38. The summed E-state index contributed by atoms with van der Waals surface area (Å²) >= 11 is 0. The average molecular weight is 285 g/mol. The number of nitrogens with one attached hydrogen (secondary N) is 1. The van der Waals surface area contributed by atoms with E-state index in [1.165, 1.54) is 6.42 Å². The van der Waals surface area contributed by atoms with Crippen LogP contribution in [-0.2, 0) is 4.79 Å². The maximum atomic E-state index is 12.4. The molecule has 1 atom stereocenters. The second kappa shape index (κ2) is 5.09. The van der Waals surface area contributed by atoms with Crippen LogP contribution in [0.3, 0.4) is 0 Å². The quantitative estimate of drug-likeness (QED) is 0.914. The van der Waals surface area contributed by atoms with Crippen LogP contribution < -0.4 is 0 Å². The number of hydrogen-bond donors (Lipinski definition) is 1. The maximum Gasteiger partial charge on any atom is 0.225 e. The van der Waals surface area contributed by atoms with Crippen LogP contribution in [0, 0.1) is 5.92 Å². The number of aromatic nitrogens is 4. The van der Waals surface area contributed by atoms with Crippen molar-refractivity contribution in [2.45, 2.75) is 38.0 Å². The zero-order chi connectivity index (χ0) is 14.2. The second-order valence-corrected chi connectivity index (χ2v) is 6.12. The first-order valence-corrected chi connectivity index (χ1v) is 7.76. The molecular formula is C15H19N5O. The third kappa shape index (κ3) is 2.18. The van der Waals surface area contributed by atoms with Gasteiger partial charge in [0.15, 0.2) is 5.65 Å². The Kier molecular flexibility index (Phi) is 3.09. The summed E-state index contributed by atoms with van der Waals surface area (Å²) in [7, 11) is 0. The number of amides is 1. The van der Waals surface area contributed by atoms with Gasteiger partial charge in [-0.25, -0.2) is 9.97 Å². The molecule has 1 amide bonds. The van der Waals surface area contributed by atoms with Gasteiger partial charge < -0.3 is 4.90 Å². The minimum Gasteiger partial charge on any atom is -0.342 e. The van der Waals surface area contributed by atoms with Crippen molar-refractivity contribution >= 4 is 17.1 Å². The van der Waals surface area contributed by atoms with Crippen molar-refractivity contribution in [3.05, 3.63) is 18.1 Å². The number of H-pyrrole nitrogens is 1. The molecule has 21 heavy (non-hydrogen) atoms. The normalized spacial score (nSPS) is 23.2. The van der Waals surface area contributed by atoms with Crippen molar-refractivity contribution in [2.75, 3.05) is 13.1 Å². The van der Waals surface area contributed by atoms with E-state index in [1.54, 1.807) is 12.4 Å². The highest BCUT2D eigenvalue weighted by molar-refractivity contribution is 5.80. The molecule has 0 radical (unpaired) electrons. The third-order valence-electron chi connectivity index (χ3n) is 4.81. The van der Waals surface area contributed by atoms with E-state index in [4.69, 9.17) is 0 Å². The van der Waals surface area contributed by atoms with Gasteiger partial charge in [-0.2, -0.15) is 5.10 Å². The van der Waals surface area contributed by atoms with E-state index in [0.29, 0.717) is 17.5 Å². The Bertz CT molecular complexity index is 663. The summed E-state index contributed by atoms with van der Waals surface area (Å²) in [4.78, 5) is 23.1. The molecule has 6 nitrogen and oxygen atoms in total. The Balaban J connectivity index is 1.56. The number of piperidine rings is 1. The zero-order valence-electron chi connectivity index (χ0n) is 12.0. The topological polar surface area (TPSA) is 74.8 Å². The van der Waals surface area contributed by atoms with Crippen LogP contribution in [0.15, 0.2) is 12.4 Å². The van der Waals surface area contributed by atoms with E-state index in [2.05, 4.69) is 20.2 Å². The van der Waals surface area contributed by atoms with Crippen LogP contribution in [0.4, 0.5) is 0 Å². The summed E-state index contributed by atoms with van der Waals surface area (Å²) in [5.41, 5.74) is 2.54. The lowest BCUT2D eigenvalue weighted by atomic mass is 9.83. The summed E-state index contributed by atoms with van der Waals surface area (Å²) < 4.78 is 0. The largest absolute Gasteiger partial charge is 0.342 e. The first-order valence-electron chi connectivity index (χ1n) is 7.76. The summed E-state index contributed by atoms with van der Waals surface area (Å²) in [5, 5.41) is 7.31. The molecule has 1 saturated heterocycles. The third-order valence-corrected chi connectivity index (χ3v) is 4.81. The predicted molar refractivity (Wildman–Crippen MR) is 77.6 cm³/mol. The number of hydrogen-bond acceptors (Lipinski definition) is 4. The molecule has 1 N–H and O–H groups in total. The molecule has 1 aliphatic carbocycles.